The first-order chi connectivity index (χ1) is 7.79. The summed E-state index contributed by atoms with van der Waals surface area (Å²) in [5.41, 5.74) is 6.70. The van der Waals surface area contributed by atoms with Gasteiger partial charge in [0, 0.05) is 6.42 Å². The summed E-state index contributed by atoms with van der Waals surface area (Å²) in [5, 5.41) is 7.23. The van der Waals surface area contributed by atoms with Gasteiger partial charge in [0.1, 0.15) is 11.9 Å². The Morgan fingerprint density at radius 2 is 2.06 bits per heavy atom. The van der Waals surface area contributed by atoms with E-state index in [0.29, 0.717) is 6.42 Å². The zero-order valence-electron chi connectivity index (χ0n) is 11.1. The van der Waals surface area contributed by atoms with Gasteiger partial charge in [-0.2, -0.15) is 0 Å². The molecule has 0 saturated carbocycles. The van der Waals surface area contributed by atoms with E-state index in [1.807, 2.05) is 19.1 Å². The lowest BCUT2D eigenvalue weighted by atomic mass is 9.87. The van der Waals surface area contributed by atoms with Crippen molar-refractivity contribution >= 4 is 5.84 Å². The maximum absolute atomic E-state index is 7.23. The maximum atomic E-state index is 7.23. The summed E-state index contributed by atoms with van der Waals surface area (Å²) in [6.07, 6.45) is 0.391. The molecular weight excluding hydrogens is 212 g/mol. The molecule has 0 aliphatic rings. The lowest BCUT2D eigenvalue weighted by molar-refractivity contribution is 0.229. The Morgan fingerprint density at radius 3 is 2.59 bits per heavy atom. The first-order valence-electron chi connectivity index (χ1n) is 5.89. The molecule has 94 valence electrons. The van der Waals surface area contributed by atoms with Gasteiger partial charge in [-0.1, -0.05) is 32.9 Å². The van der Waals surface area contributed by atoms with Crippen LogP contribution in [0.3, 0.4) is 0 Å². The number of benzene rings is 1. The van der Waals surface area contributed by atoms with Crippen molar-refractivity contribution in [1.82, 2.24) is 0 Å². The number of rotatable bonds is 4. The predicted molar refractivity (Wildman–Crippen MR) is 71.8 cm³/mol. The minimum absolute atomic E-state index is 0.0669. The van der Waals surface area contributed by atoms with Crippen molar-refractivity contribution in [3.05, 3.63) is 29.8 Å². The van der Waals surface area contributed by atoms with Crippen molar-refractivity contribution in [3.63, 3.8) is 0 Å². The van der Waals surface area contributed by atoms with Crippen LogP contribution in [0.25, 0.3) is 0 Å². The molecule has 1 rings (SSSR count). The summed E-state index contributed by atoms with van der Waals surface area (Å²) >= 11 is 0. The third-order valence-corrected chi connectivity index (χ3v) is 2.54. The highest BCUT2D eigenvalue weighted by Gasteiger charge is 2.14. The molecule has 0 heterocycles. The van der Waals surface area contributed by atoms with E-state index < -0.39 is 0 Å². The highest BCUT2D eigenvalue weighted by atomic mass is 16.5. The van der Waals surface area contributed by atoms with Gasteiger partial charge in [-0.25, -0.2) is 0 Å². The molecule has 0 aliphatic heterocycles. The zero-order chi connectivity index (χ0) is 13.1. The summed E-state index contributed by atoms with van der Waals surface area (Å²) in [4.78, 5) is 0. The third-order valence-electron chi connectivity index (χ3n) is 2.54. The Labute approximate surface area is 103 Å². The average Bonchev–Trinajstić information content (AvgIpc) is 2.15. The summed E-state index contributed by atoms with van der Waals surface area (Å²) in [5.74, 6) is 0.996. The summed E-state index contributed by atoms with van der Waals surface area (Å²) < 4.78 is 5.74. The molecule has 3 nitrogen and oxygen atoms in total. The molecule has 3 N–H and O–H groups in total. The highest BCUT2D eigenvalue weighted by Crippen LogP contribution is 2.26. The first-order valence-corrected chi connectivity index (χ1v) is 5.89. The Balaban J connectivity index is 2.76. The molecule has 0 amide bonds. The van der Waals surface area contributed by atoms with E-state index >= 15 is 0 Å². The highest BCUT2D eigenvalue weighted by molar-refractivity contribution is 5.77. The van der Waals surface area contributed by atoms with Gasteiger partial charge in [-0.15, -0.1) is 0 Å². The van der Waals surface area contributed by atoms with Crippen LogP contribution in [0.5, 0.6) is 5.75 Å². The number of hydrogen-bond donors (Lipinski definition) is 2. The zero-order valence-corrected chi connectivity index (χ0v) is 11.1. The van der Waals surface area contributed by atoms with Gasteiger partial charge < -0.3 is 10.5 Å². The van der Waals surface area contributed by atoms with E-state index in [2.05, 4.69) is 32.9 Å². The Kier molecular flexibility index (Phi) is 4.16. The fraction of sp³-hybridized carbons (Fsp3) is 0.500. The topological polar surface area (TPSA) is 59.1 Å². The van der Waals surface area contributed by atoms with Gasteiger partial charge in [0.25, 0.3) is 0 Å². The molecule has 0 aromatic heterocycles. The Hall–Kier alpha value is -1.51. The molecule has 3 heteroatoms. The van der Waals surface area contributed by atoms with Crippen LogP contribution in [0.2, 0.25) is 0 Å². The predicted octanol–water partition coefficient (Wildman–Crippen LogP) is 3.08. The lowest BCUT2D eigenvalue weighted by Crippen LogP contribution is -2.22. The first kappa shape index (κ1) is 13.6. The molecule has 0 bridgehead atoms. The van der Waals surface area contributed by atoms with Crippen LogP contribution in [0.4, 0.5) is 0 Å². The number of nitrogens with two attached hydrogens (primary N) is 1. The molecule has 0 aliphatic carbocycles. The molecule has 0 spiro atoms. The van der Waals surface area contributed by atoms with Crippen molar-refractivity contribution in [1.29, 1.82) is 5.41 Å². The van der Waals surface area contributed by atoms with E-state index in [0.717, 1.165) is 5.75 Å². The molecule has 1 aromatic carbocycles. The monoisotopic (exact) mass is 234 g/mol. The van der Waals surface area contributed by atoms with Crippen LogP contribution in [-0.4, -0.2) is 11.9 Å². The third kappa shape index (κ3) is 4.47. The van der Waals surface area contributed by atoms with Crippen LogP contribution in [-0.2, 0) is 5.41 Å². The number of nitrogens with one attached hydrogen (secondary N) is 1. The summed E-state index contributed by atoms with van der Waals surface area (Å²) in [6.45, 7) is 8.44. The smallest absolute Gasteiger partial charge is 0.120 e. The van der Waals surface area contributed by atoms with Crippen molar-refractivity contribution in [2.45, 2.75) is 45.6 Å². The number of ether oxygens (including phenoxy) is 1. The minimum Gasteiger partial charge on any atom is -0.490 e. The standard InChI is InChI=1S/C14H22N2O/c1-10(8-13(15)16)17-12-7-5-6-11(9-12)14(2,3)4/h5-7,9-10H,8H2,1-4H3,(H3,15,16). The minimum atomic E-state index is -0.0669. The van der Waals surface area contributed by atoms with Crippen molar-refractivity contribution in [2.75, 3.05) is 0 Å². The molecule has 0 radical (unpaired) electrons. The second-order valence-electron chi connectivity index (χ2n) is 5.44. The second-order valence-corrected chi connectivity index (χ2v) is 5.44. The van der Waals surface area contributed by atoms with Crippen LogP contribution in [0.15, 0.2) is 24.3 Å². The van der Waals surface area contributed by atoms with E-state index in [9.17, 15) is 0 Å². The SMILES string of the molecule is CC(CC(=N)N)Oc1cccc(C(C)(C)C)c1. The van der Waals surface area contributed by atoms with Gasteiger partial charge in [0.05, 0.1) is 5.84 Å². The van der Waals surface area contributed by atoms with E-state index in [4.69, 9.17) is 15.9 Å². The molecule has 1 aromatic rings. The average molecular weight is 234 g/mol. The van der Waals surface area contributed by atoms with E-state index in [-0.39, 0.29) is 17.4 Å². The Bertz CT molecular complexity index is 393. The van der Waals surface area contributed by atoms with Gasteiger partial charge in [0.15, 0.2) is 0 Å². The van der Waals surface area contributed by atoms with Crippen LogP contribution < -0.4 is 10.5 Å². The molecule has 0 fully saturated rings. The van der Waals surface area contributed by atoms with Crippen molar-refractivity contribution in [2.24, 2.45) is 5.73 Å². The fourth-order valence-electron chi connectivity index (χ4n) is 1.62. The van der Waals surface area contributed by atoms with Crippen LogP contribution in [0.1, 0.15) is 39.7 Å². The lowest BCUT2D eigenvalue weighted by Gasteiger charge is -2.21. The molecular formula is C14H22N2O. The van der Waals surface area contributed by atoms with Crippen molar-refractivity contribution in [3.8, 4) is 5.75 Å². The summed E-state index contributed by atoms with van der Waals surface area (Å²) in [7, 11) is 0. The normalized spacial score (nSPS) is 13.2. The fourth-order valence-corrected chi connectivity index (χ4v) is 1.62. The van der Waals surface area contributed by atoms with Gasteiger partial charge in [0.2, 0.25) is 0 Å². The van der Waals surface area contributed by atoms with E-state index in [1.54, 1.807) is 0 Å². The maximum Gasteiger partial charge on any atom is 0.120 e. The van der Waals surface area contributed by atoms with Crippen LogP contribution >= 0.6 is 0 Å². The van der Waals surface area contributed by atoms with Gasteiger partial charge in [-0.3, -0.25) is 5.41 Å². The molecule has 17 heavy (non-hydrogen) atoms. The molecule has 1 unspecified atom stereocenters. The van der Waals surface area contributed by atoms with Gasteiger partial charge in [-0.05, 0) is 30.0 Å². The quantitative estimate of drug-likeness (QED) is 0.621. The number of amidine groups is 1. The second kappa shape index (κ2) is 5.21. The Morgan fingerprint density at radius 1 is 1.41 bits per heavy atom. The molecule has 0 saturated heterocycles. The van der Waals surface area contributed by atoms with Gasteiger partial charge >= 0.3 is 0 Å². The summed E-state index contributed by atoms with van der Waals surface area (Å²) in [6, 6.07) is 8.08. The van der Waals surface area contributed by atoms with Crippen LogP contribution in [0, 0.1) is 5.41 Å². The van der Waals surface area contributed by atoms with Crippen molar-refractivity contribution < 1.29 is 4.74 Å². The van der Waals surface area contributed by atoms with E-state index in [1.165, 1.54) is 5.56 Å². The molecule has 1 atom stereocenters. The number of hydrogen-bond acceptors (Lipinski definition) is 2. The largest absolute Gasteiger partial charge is 0.490 e.